The first-order chi connectivity index (χ1) is 9.29. The lowest BCUT2D eigenvalue weighted by Gasteiger charge is -2.10. The molecule has 0 unspecified atom stereocenters. The summed E-state index contributed by atoms with van der Waals surface area (Å²) in [5.74, 6) is 0.414. The van der Waals surface area contributed by atoms with Crippen LogP contribution in [0.3, 0.4) is 0 Å². The van der Waals surface area contributed by atoms with Crippen molar-refractivity contribution in [1.82, 2.24) is 5.32 Å². The number of amides is 1. The lowest BCUT2D eigenvalue weighted by Crippen LogP contribution is -2.25. The van der Waals surface area contributed by atoms with Crippen LogP contribution in [0.1, 0.15) is 35.2 Å². The molecule has 0 aromatic heterocycles. The van der Waals surface area contributed by atoms with Gasteiger partial charge in [-0.2, -0.15) is 0 Å². The Morgan fingerprint density at radius 3 is 2.65 bits per heavy atom. The number of halogens is 1. The summed E-state index contributed by atoms with van der Waals surface area (Å²) in [4.78, 5) is 11.8. The number of hydrogen-bond acceptors (Lipinski definition) is 3. The molecule has 1 aromatic rings. The van der Waals surface area contributed by atoms with E-state index in [4.69, 9.17) is 16.7 Å². The van der Waals surface area contributed by atoms with Gasteiger partial charge in [-0.1, -0.05) is 24.4 Å². The molecule has 1 aliphatic carbocycles. The molecule has 110 valence electrons. The van der Waals surface area contributed by atoms with E-state index in [0.717, 1.165) is 12.3 Å². The summed E-state index contributed by atoms with van der Waals surface area (Å²) in [6, 6.07) is 2.78. The Morgan fingerprint density at radius 2 is 2.10 bits per heavy atom. The Balaban J connectivity index is 2.18. The van der Waals surface area contributed by atoms with E-state index >= 15 is 0 Å². The minimum Gasteiger partial charge on any atom is -0.352 e. The van der Waals surface area contributed by atoms with Crippen LogP contribution in [0.15, 0.2) is 17.0 Å². The number of hydrogen-bond donors (Lipinski definition) is 2. The average Bonchev–Trinajstić information content (AvgIpc) is 3.14. The maximum Gasteiger partial charge on any atom is 0.251 e. The molecular formula is C13H17ClN2O3S. The second-order valence-corrected chi connectivity index (χ2v) is 7.05. The minimum atomic E-state index is -3.95. The van der Waals surface area contributed by atoms with E-state index < -0.39 is 10.0 Å². The van der Waals surface area contributed by atoms with Crippen molar-refractivity contribution in [2.24, 2.45) is 11.1 Å². The molecule has 2 rings (SSSR count). The second-order valence-electron chi connectivity index (χ2n) is 5.14. The third kappa shape index (κ3) is 3.71. The van der Waals surface area contributed by atoms with Crippen LogP contribution in [0, 0.1) is 12.8 Å². The van der Waals surface area contributed by atoms with E-state index in [1.165, 1.54) is 18.9 Å². The van der Waals surface area contributed by atoms with Crippen molar-refractivity contribution >= 4 is 27.5 Å². The number of nitrogens with one attached hydrogen (secondary N) is 1. The van der Waals surface area contributed by atoms with Gasteiger partial charge in [-0.05, 0) is 37.0 Å². The van der Waals surface area contributed by atoms with Crippen molar-refractivity contribution in [3.8, 4) is 0 Å². The first-order valence-corrected chi connectivity index (χ1v) is 8.32. The molecule has 1 amide bonds. The fourth-order valence-electron chi connectivity index (χ4n) is 1.97. The monoisotopic (exact) mass is 316 g/mol. The Hall–Kier alpha value is -1.11. The summed E-state index contributed by atoms with van der Waals surface area (Å²) in [6.07, 6.45) is 3.41. The van der Waals surface area contributed by atoms with Crippen LogP contribution in [0.25, 0.3) is 0 Å². The Labute approximate surface area is 123 Å². The van der Waals surface area contributed by atoms with Gasteiger partial charge in [0.2, 0.25) is 10.0 Å². The zero-order valence-corrected chi connectivity index (χ0v) is 12.7. The molecule has 0 bridgehead atoms. The van der Waals surface area contributed by atoms with Crippen molar-refractivity contribution in [3.05, 3.63) is 28.3 Å². The number of sulfonamides is 1. The molecule has 0 atom stereocenters. The number of benzene rings is 1. The van der Waals surface area contributed by atoms with Crippen LogP contribution in [-0.4, -0.2) is 20.9 Å². The third-order valence-electron chi connectivity index (χ3n) is 3.32. The van der Waals surface area contributed by atoms with Crippen LogP contribution >= 0.6 is 11.6 Å². The summed E-state index contributed by atoms with van der Waals surface area (Å²) in [6.45, 7) is 2.23. The van der Waals surface area contributed by atoms with Gasteiger partial charge < -0.3 is 5.32 Å². The van der Waals surface area contributed by atoms with Crippen molar-refractivity contribution in [3.63, 3.8) is 0 Å². The molecule has 1 saturated carbocycles. The van der Waals surface area contributed by atoms with E-state index in [2.05, 4.69) is 5.32 Å². The number of carbonyl (C=O) groups excluding carboxylic acids is 1. The molecule has 0 spiro atoms. The summed E-state index contributed by atoms with van der Waals surface area (Å²) < 4.78 is 22.9. The first kappa shape index (κ1) is 15.3. The Bertz CT molecular complexity index is 639. The maximum absolute atomic E-state index is 12.0. The quantitative estimate of drug-likeness (QED) is 0.868. The van der Waals surface area contributed by atoms with Crippen molar-refractivity contribution < 1.29 is 13.2 Å². The fraction of sp³-hybridized carbons (Fsp3) is 0.462. The van der Waals surface area contributed by atoms with Crippen LogP contribution in [0.5, 0.6) is 0 Å². The average molecular weight is 317 g/mol. The summed E-state index contributed by atoms with van der Waals surface area (Å²) in [5, 5.41) is 7.94. The standard InChI is InChI=1S/C13H17ClN2O3S/c1-8-6-10(7-11(12(8)14)20(15,18)19)13(17)16-5-4-9-2-3-9/h6-7,9H,2-5H2,1H3,(H,16,17)(H2,15,18,19). The zero-order valence-electron chi connectivity index (χ0n) is 11.1. The largest absolute Gasteiger partial charge is 0.352 e. The topological polar surface area (TPSA) is 89.3 Å². The number of carbonyl (C=O) groups is 1. The van der Waals surface area contributed by atoms with Gasteiger partial charge in [-0.15, -0.1) is 0 Å². The molecule has 5 nitrogen and oxygen atoms in total. The lowest BCUT2D eigenvalue weighted by atomic mass is 10.1. The van der Waals surface area contributed by atoms with Crippen LogP contribution < -0.4 is 10.5 Å². The van der Waals surface area contributed by atoms with Gasteiger partial charge in [0.1, 0.15) is 4.90 Å². The zero-order chi connectivity index (χ0) is 14.9. The molecule has 3 N–H and O–H groups in total. The first-order valence-electron chi connectivity index (χ1n) is 6.40. The van der Waals surface area contributed by atoms with Gasteiger partial charge >= 0.3 is 0 Å². The van der Waals surface area contributed by atoms with E-state index in [1.54, 1.807) is 13.0 Å². The highest BCUT2D eigenvalue weighted by Gasteiger charge is 2.22. The highest BCUT2D eigenvalue weighted by molar-refractivity contribution is 7.89. The molecule has 0 radical (unpaired) electrons. The lowest BCUT2D eigenvalue weighted by molar-refractivity contribution is 0.0952. The number of rotatable bonds is 5. The summed E-state index contributed by atoms with van der Waals surface area (Å²) >= 11 is 5.92. The van der Waals surface area contributed by atoms with E-state index in [-0.39, 0.29) is 21.4 Å². The van der Waals surface area contributed by atoms with Crippen LogP contribution in [0.4, 0.5) is 0 Å². The highest BCUT2D eigenvalue weighted by Crippen LogP contribution is 2.31. The van der Waals surface area contributed by atoms with Crippen molar-refractivity contribution in [1.29, 1.82) is 0 Å². The fourth-order valence-corrected chi connectivity index (χ4v) is 3.11. The van der Waals surface area contributed by atoms with Gasteiger partial charge in [-0.25, -0.2) is 13.6 Å². The van der Waals surface area contributed by atoms with E-state index in [9.17, 15) is 13.2 Å². The normalized spacial score (nSPS) is 15.2. The minimum absolute atomic E-state index is 0.0574. The van der Waals surface area contributed by atoms with Crippen molar-refractivity contribution in [2.75, 3.05) is 6.54 Å². The predicted octanol–water partition coefficient (Wildman–Crippen LogP) is 1.83. The SMILES string of the molecule is Cc1cc(C(=O)NCCC2CC2)cc(S(N)(=O)=O)c1Cl. The highest BCUT2D eigenvalue weighted by atomic mass is 35.5. The smallest absolute Gasteiger partial charge is 0.251 e. The second kappa shape index (κ2) is 5.71. The predicted molar refractivity (Wildman–Crippen MR) is 77.2 cm³/mol. The van der Waals surface area contributed by atoms with Crippen LogP contribution in [0.2, 0.25) is 5.02 Å². The van der Waals surface area contributed by atoms with Gasteiger partial charge in [0.05, 0.1) is 5.02 Å². The molecule has 1 aromatic carbocycles. The maximum atomic E-state index is 12.0. The third-order valence-corrected chi connectivity index (χ3v) is 4.87. The molecule has 7 heteroatoms. The molecule has 0 saturated heterocycles. The molecule has 0 aliphatic heterocycles. The molecule has 1 aliphatic rings. The molecular weight excluding hydrogens is 300 g/mol. The van der Waals surface area contributed by atoms with Gasteiger partial charge in [0, 0.05) is 12.1 Å². The summed E-state index contributed by atoms with van der Waals surface area (Å²) in [5.41, 5.74) is 0.761. The summed E-state index contributed by atoms with van der Waals surface area (Å²) in [7, 11) is -3.95. The number of primary sulfonamides is 1. The van der Waals surface area contributed by atoms with E-state index in [0.29, 0.717) is 12.1 Å². The van der Waals surface area contributed by atoms with Gasteiger partial charge in [0.15, 0.2) is 0 Å². The molecule has 0 heterocycles. The van der Waals surface area contributed by atoms with Gasteiger partial charge in [-0.3, -0.25) is 4.79 Å². The van der Waals surface area contributed by atoms with Crippen LogP contribution in [-0.2, 0) is 10.0 Å². The molecule has 20 heavy (non-hydrogen) atoms. The van der Waals surface area contributed by atoms with Gasteiger partial charge in [0.25, 0.3) is 5.91 Å². The Kier molecular flexibility index (Phi) is 4.36. The number of aryl methyl sites for hydroxylation is 1. The number of nitrogens with two attached hydrogens (primary N) is 1. The molecule has 1 fully saturated rings. The van der Waals surface area contributed by atoms with E-state index in [1.807, 2.05) is 0 Å². The Morgan fingerprint density at radius 1 is 1.45 bits per heavy atom. The van der Waals surface area contributed by atoms with Crippen molar-refractivity contribution in [2.45, 2.75) is 31.1 Å².